The van der Waals surface area contributed by atoms with Gasteiger partial charge < -0.3 is 15.2 Å². The van der Waals surface area contributed by atoms with Gasteiger partial charge in [-0.15, -0.1) is 0 Å². The summed E-state index contributed by atoms with van der Waals surface area (Å²) in [4.78, 5) is 19.2. The minimum absolute atomic E-state index is 0.0234. The molecule has 3 rings (SSSR count). The van der Waals surface area contributed by atoms with Crippen LogP contribution in [0.3, 0.4) is 0 Å². The number of nitrogens with zero attached hydrogens (tertiary/aromatic N) is 3. The second-order valence-corrected chi connectivity index (χ2v) is 5.46. The fraction of sp³-hybridized carbons (Fsp3) is 0.125. The molecule has 0 atom stereocenters. The zero-order chi connectivity index (χ0) is 20.5. The van der Waals surface area contributed by atoms with Gasteiger partial charge in [0.2, 0.25) is 5.88 Å². The molecule has 146 valence electrons. The Morgan fingerprint density at radius 2 is 1.86 bits per heavy atom. The van der Waals surface area contributed by atoms with Crippen molar-refractivity contribution in [2.75, 3.05) is 10.6 Å². The van der Waals surface area contributed by atoms with E-state index in [1.807, 2.05) is 0 Å². The number of carbonyl (C=O) groups is 1. The molecule has 0 fully saturated rings. The van der Waals surface area contributed by atoms with Crippen LogP contribution < -0.4 is 10.6 Å². The molecule has 0 saturated carbocycles. The van der Waals surface area contributed by atoms with Gasteiger partial charge in [0.15, 0.2) is 23.1 Å². The van der Waals surface area contributed by atoms with Gasteiger partial charge in [-0.2, -0.15) is 13.2 Å². The third-order valence-corrected chi connectivity index (χ3v) is 3.45. The molecular weight excluding hydrogens is 389 g/mol. The highest BCUT2D eigenvalue weighted by Gasteiger charge is 2.33. The first kappa shape index (κ1) is 19.2. The Labute approximate surface area is 153 Å². The van der Waals surface area contributed by atoms with E-state index in [2.05, 4.69) is 25.8 Å². The number of nitrogens with one attached hydrogen (secondary N) is 2. The van der Waals surface area contributed by atoms with Crippen LogP contribution in [-0.2, 0) is 6.18 Å². The number of aromatic nitrogens is 3. The van der Waals surface area contributed by atoms with Crippen molar-refractivity contribution in [3.05, 3.63) is 59.2 Å². The number of hydrogen-bond donors (Lipinski definition) is 2. The van der Waals surface area contributed by atoms with Crippen LogP contribution in [0.1, 0.15) is 21.7 Å². The average Bonchev–Trinajstić information content (AvgIpc) is 2.98. The lowest BCUT2D eigenvalue weighted by molar-refractivity contribution is -0.141. The Hall–Kier alpha value is -3.57. The van der Waals surface area contributed by atoms with E-state index in [0.29, 0.717) is 6.20 Å². The molecule has 1 aromatic carbocycles. The number of halogens is 5. The standard InChI is InChI=1S/C16H10F5N5O2/c1-7-13(14(27)24-8-2-3-9(17)10(18)4-8)15(28-26-7)25-12-6-22-11(5-23-12)16(19,20)21/h2-6H,1H3,(H,23,25)(H,24,27). The summed E-state index contributed by atoms with van der Waals surface area (Å²) >= 11 is 0. The number of benzene rings is 1. The Bertz CT molecular complexity index is 1020. The van der Waals surface area contributed by atoms with Crippen LogP contribution in [0.5, 0.6) is 0 Å². The maximum Gasteiger partial charge on any atom is 0.434 e. The normalized spacial score (nSPS) is 11.4. The lowest BCUT2D eigenvalue weighted by Gasteiger charge is -2.08. The van der Waals surface area contributed by atoms with Crippen LogP contribution in [-0.4, -0.2) is 21.0 Å². The van der Waals surface area contributed by atoms with Gasteiger partial charge in [0.1, 0.15) is 5.56 Å². The summed E-state index contributed by atoms with van der Waals surface area (Å²) in [6.07, 6.45) is -3.34. The van der Waals surface area contributed by atoms with Gasteiger partial charge in [-0.25, -0.2) is 18.7 Å². The van der Waals surface area contributed by atoms with Crippen LogP contribution in [0.25, 0.3) is 0 Å². The van der Waals surface area contributed by atoms with Crippen LogP contribution in [0.2, 0.25) is 0 Å². The molecule has 2 heterocycles. The van der Waals surface area contributed by atoms with Crippen molar-refractivity contribution in [1.82, 2.24) is 15.1 Å². The van der Waals surface area contributed by atoms with Crippen molar-refractivity contribution in [2.45, 2.75) is 13.1 Å². The predicted molar refractivity (Wildman–Crippen MR) is 85.9 cm³/mol. The molecule has 12 heteroatoms. The van der Waals surface area contributed by atoms with Crippen molar-refractivity contribution >= 4 is 23.3 Å². The van der Waals surface area contributed by atoms with E-state index in [-0.39, 0.29) is 28.6 Å². The zero-order valence-electron chi connectivity index (χ0n) is 13.9. The largest absolute Gasteiger partial charge is 0.434 e. The van der Waals surface area contributed by atoms with E-state index in [4.69, 9.17) is 4.52 Å². The predicted octanol–water partition coefficient (Wildman–Crippen LogP) is 4.07. The smallest absolute Gasteiger partial charge is 0.337 e. The van der Waals surface area contributed by atoms with Crippen molar-refractivity contribution in [2.24, 2.45) is 0 Å². The lowest BCUT2D eigenvalue weighted by Crippen LogP contribution is -2.14. The minimum atomic E-state index is -4.65. The number of carbonyl (C=O) groups excluding carboxylic acids is 1. The van der Waals surface area contributed by atoms with E-state index in [1.165, 1.54) is 6.92 Å². The summed E-state index contributed by atoms with van der Waals surface area (Å²) in [5.41, 5.74) is -1.18. The highest BCUT2D eigenvalue weighted by molar-refractivity contribution is 6.08. The van der Waals surface area contributed by atoms with Crippen molar-refractivity contribution in [1.29, 1.82) is 0 Å². The second kappa shape index (κ2) is 7.21. The fourth-order valence-corrected chi connectivity index (χ4v) is 2.15. The Kier molecular flexibility index (Phi) is 4.94. The number of anilines is 3. The SMILES string of the molecule is Cc1noc(Nc2cnc(C(F)(F)F)cn2)c1C(=O)Nc1ccc(F)c(F)c1. The molecule has 2 N–H and O–H groups in total. The maximum atomic E-state index is 13.3. The molecule has 28 heavy (non-hydrogen) atoms. The lowest BCUT2D eigenvalue weighted by atomic mass is 10.2. The first-order valence-corrected chi connectivity index (χ1v) is 7.54. The van der Waals surface area contributed by atoms with Gasteiger partial charge in [-0.1, -0.05) is 5.16 Å². The van der Waals surface area contributed by atoms with E-state index in [0.717, 1.165) is 24.4 Å². The van der Waals surface area contributed by atoms with E-state index < -0.39 is 29.4 Å². The van der Waals surface area contributed by atoms with Crippen molar-refractivity contribution in [3.63, 3.8) is 0 Å². The highest BCUT2D eigenvalue weighted by atomic mass is 19.4. The average molecular weight is 399 g/mol. The number of amides is 1. The van der Waals surface area contributed by atoms with Gasteiger partial charge in [-0.3, -0.25) is 4.79 Å². The maximum absolute atomic E-state index is 13.3. The molecule has 3 aromatic rings. The van der Waals surface area contributed by atoms with Gasteiger partial charge in [-0.05, 0) is 19.1 Å². The molecule has 0 aliphatic heterocycles. The second-order valence-electron chi connectivity index (χ2n) is 5.46. The van der Waals surface area contributed by atoms with Crippen LogP contribution in [0.15, 0.2) is 35.1 Å². The fourth-order valence-electron chi connectivity index (χ4n) is 2.15. The quantitative estimate of drug-likeness (QED) is 0.643. The summed E-state index contributed by atoms with van der Waals surface area (Å²) in [5.74, 6) is -3.36. The summed E-state index contributed by atoms with van der Waals surface area (Å²) in [5, 5.41) is 8.44. The molecule has 0 radical (unpaired) electrons. The zero-order valence-corrected chi connectivity index (χ0v) is 13.9. The van der Waals surface area contributed by atoms with Gasteiger partial charge in [0.25, 0.3) is 5.91 Å². The summed E-state index contributed by atoms with van der Waals surface area (Å²) < 4.78 is 68.8. The van der Waals surface area contributed by atoms with Crippen molar-refractivity contribution < 1.29 is 31.3 Å². The Morgan fingerprint density at radius 3 is 2.46 bits per heavy atom. The molecule has 0 unspecified atom stereocenters. The molecule has 2 aromatic heterocycles. The molecule has 1 amide bonds. The third kappa shape index (κ3) is 4.05. The number of hydrogen-bond acceptors (Lipinski definition) is 6. The number of alkyl halides is 3. The molecule has 0 bridgehead atoms. The van der Waals surface area contributed by atoms with E-state index in [1.54, 1.807) is 0 Å². The Morgan fingerprint density at radius 1 is 1.11 bits per heavy atom. The molecule has 0 saturated heterocycles. The molecule has 7 nitrogen and oxygen atoms in total. The van der Waals surface area contributed by atoms with E-state index in [9.17, 15) is 26.7 Å². The highest BCUT2D eigenvalue weighted by Crippen LogP contribution is 2.28. The Balaban J connectivity index is 1.81. The van der Waals surface area contributed by atoms with Gasteiger partial charge in [0.05, 0.1) is 18.1 Å². The van der Waals surface area contributed by atoms with Gasteiger partial charge in [0, 0.05) is 11.8 Å². The third-order valence-electron chi connectivity index (χ3n) is 3.45. The summed E-state index contributed by atoms with van der Waals surface area (Å²) in [7, 11) is 0. The van der Waals surface area contributed by atoms with Crippen LogP contribution in [0.4, 0.5) is 39.3 Å². The summed E-state index contributed by atoms with van der Waals surface area (Å²) in [6, 6.07) is 2.76. The van der Waals surface area contributed by atoms with Crippen LogP contribution >= 0.6 is 0 Å². The molecule has 0 aliphatic carbocycles. The number of aryl methyl sites for hydroxylation is 1. The van der Waals surface area contributed by atoms with Crippen LogP contribution in [0, 0.1) is 18.6 Å². The summed E-state index contributed by atoms with van der Waals surface area (Å²) in [6.45, 7) is 1.44. The van der Waals surface area contributed by atoms with Crippen molar-refractivity contribution in [3.8, 4) is 0 Å². The molecular formula is C16H10F5N5O2. The first-order valence-electron chi connectivity index (χ1n) is 7.54. The van der Waals surface area contributed by atoms with Gasteiger partial charge >= 0.3 is 6.18 Å². The number of rotatable bonds is 4. The minimum Gasteiger partial charge on any atom is -0.337 e. The molecule has 0 spiro atoms. The van der Waals surface area contributed by atoms with E-state index >= 15 is 0 Å². The first-order chi connectivity index (χ1) is 13.1. The topological polar surface area (TPSA) is 92.9 Å². The monoisotopic (exact) mass is 399 g/mol. The molecule has 0 aliphatic rings.